The highest BCUT2D eigenvalue weighted by atomic mass is 14.3. The molecular formula is C31H52. The molecule has 0 amide bonds. The molecule has 0 N–H and O–H groups in total. The van der Waals surface area contributed by atoms with Crippen LogP contribution in [0.25, 0.3) is 0 Å². The summed E-state index contributed by atoms with van der Waals surface area (Å²) in [4.78, 5) is 0. The molecule has 0 heteroatoms. The van der Waals surface area contributed by atoms with Crippen molar-refractivity contribution in [1.29, 1.82) is 0 Å². The Morgan fingerprint density at radius 1 is 0.645 bits per heavy atom. The molecule has 0 radical (unpaired) electrons. The highest BCUT2D eigenvalue weighted by Crippen LogP contribution is 2.41. The minimum absolute atomic E-state index is 0.829. The first-order valence-corrected chi connectivity index (χ1v) is 14.3. The zero-order chi connectivity index (χ0) is 21.9. The zero-order valence-corrected chi connectivity index (χ0v) is 21.2. The summed E-state index contributed by atoms with van der Waals surface area (Å²) in [5, 5.41) is 0. The van der Waals surface area contributed by atoms with Gasteiger partial charge in [0.15, 0.2) is 0 Å². The molecule has 3 rings (SSSR count). The van der Waals surface area contributed by atoms with E-state index in [1.54, 1.807) is 11.1 Å². The van der Waals surface area contributed by atoms with Crippen molar-refractivity contribution in [2.24, 2.45) is 17.8 Å². The Balaban J connectivity index is 1.35. The van der Waals surface area contributed by atoms with E-state index in [1.807, 2.05) is 0 Å². The molecule has 0 nitrogen and oxygen atoms in total. The van der Waals surface area contributed by atoms with E-state index in [9.17, 15) is 0 Å². The van der Waals surface area contributed by atoms with Crippen LogP contribution in [0.1, 0.15) is 153 Å². The molecule has 1 atom stereocenters. The molecule has 31 heavy (non-hydrogen) atoms. The third-order valence-electron chi connectivity index (χ3n) is 8.97. The van der Waals surface area contributed by atoms with Gasteiger partial charge in [0.1, 0.15) is 0 Å². The Labute approximate surface area is 195 Å². The molecule has 2 aliphatic rings. The van der Waals surface area contributed by atoms with Crippen molar-refractivity contribution < 1.29 is 0 Å². The summed E-state index contributed by atoms with van der Waals surface area (Å²) in [6.07, 6.45) is 24.6. The second-order valence-corrected chi connectivity index (χ2v) is 11.4. The van der Waals surface area contributed by atoms with Gasteiger partial charge in [-0.15, -0.1) is 0 Å². The van der Waals surface area contributed by atoms with Crippen molar-refractivity contribution in [3.63, 3.8) is 0 Å². The average Bonchev–Trinajstić information content (AvgIpc) is 2.82. The van der Waals surface area contributed by atoms with Crippen molar-refractivity contribution in [2.75, 3.05) is 0 Å². The van der Waals surface area contributed by atoms with Gasteiger partial charge in [-0.1, -0.05) is 96.4 Å². The van der Waals surface area contributed by atoms with Crippen molar-refractivity contribution in [1.82, 2.24) is 0 Å². The second-order valence-electron chi connectivity index (χ2n) is 11.4. The zero-order valence-electron chi connectivity index (χ0n) is 21.2. The van der Waals surface area contributed by atoms with Crippen LogP contribution < -0.4 is 0 Å². The van der Waals surface area contributed by atoms with Crippen LogP contribution in [-0.2, 0) is 0 Å². The summed E-state index contributed by atoms with van der Waals surface area (Å²) in [5.74, 6) is 4.60. The first kappa shape index (κ1) is 24.9. The minimum atomic E-state index is 0.829. The summed E-state index contributed by atoms with van der Waals surface area (Å²) in [5.41, 5.74) is 3.26. The molecule has 0 aliphatic heterocycles. The van der Waals surface area contributed by atoms with Crippen LogP contribution in [0.4, 0.5) is 0 Å². The summed E-state index contributed by atoms with van der Waals surface area (Å²) >= 11 is 0. The molecule has 1 aromatic carbocycles. The average molecular weight is 425 g/mol. The predicted octanol–water partition coefficient (Wildman–Crippen LogP) is 10.4. The van der Waals surface area contributed by atoms with Crippen molar-refractivity contribution in [3.05, 3.63) is 35.4 Å². The molecule has 176 valence electrons. The highest BCUT2D eigenvalue weighted by molar-refractivity contribution is 5.28. The van der Waals surface area contributed by atoms with Gasteiger partial charge in [0.2, 0.25) is 0 Å². The smallest absolute Gasteiger partial charge is 0.0162 e. The number of benzene rings is 1. The van der Waals surface area contributed by atoms with E-state index in [2.05, 4.69) is 45.0 Å². The molecule has 0 aromatic heterocycles. The second kappa shape index (κ2) is 13.7. The largest absolute Gasteiger partial charge is 0.0654 e. The molecule has 2 fully saturated rings. The Hall–Kier alpha value is -0.780. The van der Waals surface area contributed by atoms with Gasteiger partial charge in [-0.25, -0.2) is 0 Å². The van der Waals surface area contributed by atoms with E-state index in [1.165, 1.54) is 109 Å². The fourth-order valence-corrected chi connectivity index (χ4v) is 6.51. The first-order chi connectivity index (χ1) is 15.2. The van der Waals surface area contributed by atoms with Crippen LogP contribution >= 0.6 is 0 Å². The summed E-state index contributed by atoms with van der Waals surface area (Å²) in [7, 11) is 0. The lowest BCUT2D eigenvalue weighted by Gasteiger charge is -2.31. The standard InChI is InChI=1S/C31H52/c1-4-6-7-8-9-10-11-26-12-16-28(17-13-26)30-20-22-31(23-21-30)29-18-14-27(15-19-29)24-25(3)5-2/h20-23,25-29H,4-19,24H2,1-3H3. The summed E-state index contributed by atoms with van der Waals surface area (Å²) in [6.45, 7) is 7.10. The van der Waals surface area contributed by atoms with E-state index in [0.29, 0.717) is 0 Å². The van der Waals surface area contributed by atoms with Crippen LogP contribution in [0, 0.1) is 17.8 Å². The summed E-state index contributed by atoms with van der Waals surface area (Å²) in [6, 6.07) is 9.99. The molecule has 0 heterocycles. The van der Waals surface area contributed by atoms with Gasteiger partial charge in [0, 0.05) is 0 Å². The monoisotopic (exact) mass is 424 g/mol. The first-order valence-electron chi connectivity index (χ1n) is 14.3. The third kappa shape index (κ3) is 8.25. The normalized spacial score (nSPS) is 27.8. The van der Waals surface area contributed by atoms with Crippen molar-refractivity contribution in [2.45, 2.75) is 142 Å². The summed E-state index contributed by atoms with van der Waals surface area (Å²) < 4.78 is 0. The van der Waals surface area contributed by atoms with E-state index >= 15 is 0 Å². The van der Waals surface area contributed by atoms with Crippen LogP contribution in [0.2, 0.25) is 0 Å². The van der Waals surface area contributed by atoms with Gasteiger partial charge in [0.05, 0.1) is 0 Å². The molecule has 1 aromatic rings. The maximum atomic E-state index is 2.50. The van der Waals surface area contributed by atoms with Crippen LogP contribution in [-0.4, -0.2) is 0 Å². The molecule has 0 spiro atoms. The Bertz CT molecular complexity index is 569. The van der Waals surface area contributed by atoms with Gasteiger partial charge >= 0.3 is 0 Å². The van der Waals surface area contributed by atoms with Gasteiger partial charge in [-0.2, -0.15) is 0 Å². The Kier molecular flexibility index (Phi) is 11.0. The maximum Gasteiger partial charge on any atom is -0.0162 e. The van der Waals surface area contributed by atoms with Crippen LogP contribution in [0.15, 0.2) is 24.3 Å². The van der Waals surface area contributed by atoms with E-state index < -0.39 is 0 Å². The van der Waals surface area contributed by atoms with Crippen LogP contribution in [0.3, 0.4) is 0 Å². The molecule has 0 bridgehead atoms. The minimum Gasteiger partial charge on any atom is -0.0654 e. The van der Waals surface area contributed by atoms with Gasteiger partial charge < -0.3 is 0 Å². The maximum absolute atomic E-state index is 2.50. The predicted molar refractivity (Wildman–Crippen MR) is 138 cm³/mol. The lowest BCUT2D eigenvalue weighted by Crippen LogP contribution is -2.16. The fourth-order valence-electron chi connectivity index (χ4n) is 6.51. The Morgan fingerprint density at radius 2 is 1.13 bits per heavy atom. The number of hydrogen-bond acceptors (Lipinski definition) is 0. The van der Waals surface area contributed by atoms with E-state index in [-0.39, 0.29) is 0 Å². The number of hydrogen-bond donors (Lipinski definition) is 0. The van der Waals surface area contributed by atoms with Gasteiger partial charge in [-0.05, 0) is 98.5 Å². The van der Waals surface area contributed by atoms with Gasteiger partial charge in [-0.3, -0.25) is 0 Å². The molecular weight excluding hydrogens is 372 g/mol. The lowest BCUT2D eigenvalue weighted by molar-refractivity contribution is 0.273. The topological polar surface area (TPSA) is 0 Å². The lowest BCUT2D eigenvalue weighted by atomic mass is 9.74. The Morgan fingerprint density at radius 3 is 1.65 bits per heavy atom. The van der Waals surface area contributed by atoms with E-state index in [4.69, 9.17) is 0 Å². The highest BCUT2D eigenvalue weighted by Gasteiger charge is 2.25. The SMILES string of the molecule is CCCCCCCCC1CCC(c2ccc(C3CCC(CC(C)CC)CC3)cc2)CC1. The number of rotatable bonds is 12. The van der Waals surface area contributed by atoms with Crippen molar-refractivity contribution >= 4 is 0 Å². The third-order valence-corrected chi connectivity index (χ3v) is 8.97. The van der Waals surface area contributed by atoms with Gasteiger partial charge in [0.25, 0.3) is 0 Å². The molecule has 0 saturated heterocycles. The molecule has 2 saturated carbocycles. The van der Waals surface area contributed by atoms with Crippen molar-refractivity contribution in [3.8, 4) is 0 Å². The fraction of sp³-hybridized carbons (Fsp3) is 0.806. The number of unbranched alkanes of at least 4 members (excludes halogenated alkanes) is 5. The van der Waals surface area contributed by atoms with E-state index in [0.717, 1.165) is 29.6 Å². The molecule has 2 aliphatic carbocycles. The molecule has 1 unspecified atom stereocenters. The quantitative estimate of drug-likeness (QED) is 0.293. The van der Waals surface area contributed by atoms with Crippen LogP contribution in [0.5, 0.6) is 0 Å².